The lowest BCUT2D eigenvalue weighted by atomic mass is 9.82. The van der Waals surface area contributed by atoms with Gasteiger partial charge in [0.15, 0.2) is 0 Å². The zero-order chi connectivity index (χ0) is 68.9. The van der Waals surface area contributed by atoms with Gasteiger partial charge in [0.25, 0.3) is 0 Å². The second-order valence-corrected chi connectivity index (χ2v) is 29.9. The van der Waals surface area contributed by atoms with Crippen LogP contribution in [-0.4, -0.2) is 226 Å². The molecule has 6 aliphatic heterocycles. The summed E-state index contributed by atoms with van der Waals surface area (Å²) in [6.07, 6.45) is 12.8. The highest BCUT2D eigenvalue weighted by molar-refractivity contribution is 5.94. The van der Waals surface area contributed by atoms with Crippen molar-refractivity contribution < 1.29 is 47.1 Å². The quantitative estimate of drug-likeness (QED) is 0.0478. The number of carbonyl (C=O) groups is 7. The number of piperazine rings is 1. The number of aromatic nitrogens is 2. The second kappa shape index (κ2) is 33.4. The lowest BCUT2D eigenvalue weighted by Gasteiger charge is -2.48. The molecule has 3 aromatic rings. The molecule has 6 saturated heterocycles. The molecule has 98 heavy (non-hydrogen) atoms. The standard InChI is InChI=1S/C72H106F2N16O8/c1-48(75-4)68(95)83-67(50-13-6-5-7-14-50)70(97)90-43-54(35-60(90)69(96)82-58-17-10-15-49-12-8-9-16-55(49)58)81-64(92)19-18-63(91)78-26-32-98-33-31-86-39-52-41-87(42-53(52)40-86)44-65(93)77-25-11-24-76-61-37-62(80-47-79-61)88-29-22-72(23-30-88)46-89(45-66(94)84-72)59-36-56(73)51(34-57(59)74)38-85-27-20-71(2,3)21-28-85/h8-9,12,16,34,36-37,47-48,50,52-54,58,60,67,75H,5-7,10-11,13-15,17-33,35,38-46H2,1-4H3,(H,77,93)(H,78,91)(H,81,92)(H,82,96)(H,83,95)(H,84,94)(H,76,79,80)/t48-,52-,53+,54-,58?,60-,67-/m0/s1. The first-order chi connectivity index (χ1) is 47.3. The van der Waals surface area contributed by atoms with Crippen LogP contribution in [0.5, 0.6) is 0 Å². The number of fused-ring (bicyclic) bond motifs is 2. The number of rotatable bonds is 28. The maximum absolute atomic E-state index is 15.8. The molecule has 7 fully saturated rings. The summed E-state index contributed by atoms with van der Waals surface area (Å²) >= 11 is 0. The number of benzene rings is 2. The number of piperidine rings is 2. The molecule has 2 aromatic carbocycles. The van der Waals surface area contributed by atoms with Crippen LogP contribution in [0.2, 0.25) is 0 Å². The van der Waals surface area contributed by atoms with Crippen molar-refractivity contribution in [1.82, 2.24) is 66.8 Å². The number of nitrogens with one attached hydrogen (secondary N) is 8. The minimum atomic E-state index is -0.861. The predicted molar refractivity (Wildman–Crippen MR) is 370 cm³/mol. The van der Waals surface area contributed by atoms with E-state index in [2.05, 4.69) is 92.0 Å². The van der Waals surface area contributed by atoms with Gasteiger partial charge >= 0.3 is 0 Å². The molecule has 0 radical (unpaired) electrons. The van der Waals surface area contributed by atoms with Gasteiger partial charge in [-0.1, -0.05) is 57.4 Å². The molecule has 7 atom stereocenters. The van der Waals surface area contributed by atoms with Crippen LogP contribution in [0, 0.1) is 34.8 Å². The van der Waals surface area contributed by atoms with Crippen molar-refractivity contribution in [3.05, 3.63) is 77.1 Å². The molecule has 2 aliphatic carbocycles. The zero-order valence-corrected chi connectivity index (χ0v) is 58.1. The number of nitrogens with zero attached hydrogens (tertiary/aromatic N) is 8. The molecule has 26 heteroatoms. The van der Waals surface area contributed by atoms with Crippen molar-refractivity contribution in [1.29, 1.82) is 0 Å². The third-order valence-corrected chi connectivity index (χ3v) is 22.1. The van der Waals surface area contributed by atoms with Crippen molar-refractivity contribution in [2.45, 2.75) is 166 Å². The zero-order valence-electron chi connectivity index (χ0n) is 58.1. The summed E-state index contributed by atoms with van der Waals surface area (Å²) in [6.45, 7) is 16.9. The normalized spacial score (nSPS) is 24.1. The minimum Gasteiger partial charge on any atom is -0.378 e. The maximum Gasteiger partial charge on any atom is 0.246 e. The van der Waals surface area contributed by atoms with Gasteiger partial charge in [-0.15, -0.1) is 0 Å². The molecule has 536 valence electrons. The van der Waals surface area contributed by atoms with Gasteiger partial charge in [-0.2, -0.15) is 0 Å². The lowest BCUT2D eigenvalue weighted by molar-refractivity contribution is -0.143. The Morgan fingerprint density at radius 2 is 1.49 bits per heavy atom. The number of amides is 7. The molecule has 1 saturated carbocycles. The summed E-state index contributed by atoms with van der Waals surface area (Å²) < 4.78 is 37.2. The van der Waals surface area contributed by atoms with Crippen molar-refractivity contribution in [3.63, 3.8) is 0 Å². The van der Waals surface area contributed by atoms with Crippen LogP contribution in [-0.2, 0) is 51.3 Å². The topological polar surface area (TPSA) is 270 Å². The average Bonchev–Trinajstić information content (AvgIpc) is 0.955. The fourth-order valence-electron chi connectivity index (χ4n) is 16.2. The average molecular weight is 1360 g/mol. The fraction of sp³-hybridized carbons (Fsp3) is 0.681. The van der Waals surface area contributed by atoms with Crippen LogP contribution < -0.4 is 52.3 Å². The van der Waals surface area contributed by atoms with Gasteiger partial charge in [-0.05, 0) is 138 Å². The number of hydrogen-bond acceptors (Lipinski definition) is 17. The number of ether oxygens (including phenoxy) is 1. The first-order valence-electron chi connectivity index (χ1n) is 36.3. The summed E-state index contributed by atoms with van der Waals surface area (Å²) in [5, 5.41) is 24.8. The third-order valence-electron chi connectivity index (χ3n) is 22.1. The summed E-state index contributed by atoms with van der Waals surface area (Å²) in [6, 6.07) is 9.67. The molecule has 24 nitrogen and oxygen atoms in total. The molecule has 8 N–H and O–H groups in total. The second-order valence-electron chi connectivity index (χ2n) is 29.9. The number of likely N-dealkylation sites (N-methyl/N-ethyl adjacent to an activating group) is 1. The molecular formula is C72H106F2N16O8. The van der Waals surface area contributed by atoms with Crippen LogP contribution in [0.25, 0.3) is 0 Å². The Morgan fingerprint density at radius 3 is 2.26 bits per heavy atom. The fourth-order valence-corrected chi connectivity index (χ4v) is 16.2. The van der Waals surface area contributed by atoms with Gasteiger partial charge in [-0.25, -0.2) is 18.7 Å². The number of carbonyl (C=O) groups excluding carboxylic acids is 7. The molecule has 1 aromatic heterocycles. The molecule has 1 unspecified atom stereocenters. The van der Waals surface area contributed by atoms with E-state index in [1.54, 1.807) is 23.8 Å². The summed E-state index contributed by atoms with van der Waals surface area (Å²) in [5.74, 6) is -0.371. The van der Waals surface area contributed by atoms with Crippen LogP contribution in [0.15, 0.2) is 48.8 Å². The molecule has 8 aliphatic rings. The highest BCUT2D eigenvalue weighted by Crippen LogP contribution is 2.37. The summed E-state index contributed by atoms with van der Waals surface area (Å²) in [4.78, 5) is 116. The van der Waals surface area contributed by atoms with Crippen LogP contribution in [0.3, 0.4) is 0 Å². The van der Waals surface area contributed by atoms with E-state index in [0.29, 0.717) is 108 Å². The lowest BCUT2D eigenvalue weighted by Crippen LogP contribution is -2.66. The van der Waals surface area contributed by atoms with Crippen molar-refractivity contribution in [2.75, 3.05) is 140 Å². The van der Waals surface area contributed by atoms with E-state index in [0.717, 1.165) is 121 Å². The van der Waals surface area contributed by atoms with Crippen LogP contribution in [0.4, 0.5) is 26.1 Å². The highest BCUT2D eigenvalue weighted by atomic mass is 19.1. The van der Waals surface area contributed by atoms with E-state index in [9.17, 15) is 33.6 Å². The van der Waals surface area contributed by atoms with E-state index in [4.69, 9.17) is 4.74 Å². The van der Waals surface area contributed by atoms with Gasteiger partial charge in [0.2, 0.25) is 41.4 Å². The van der Waals surface area contributed by atoms with Crippen LogP contribution >= 0.6 is 0 Å². The Labute approximate surface area is 576 Å². The monoisotopic (exact) mass is 1360 g/mol. The Balaban J connectivity index is 0.535. The van der Waals surface area contributed by atoms with Gasteiger partial charge in [0.1, 0.15) is 41.7 Å². The number of anilines is 3. The van der Waals surface area contributed by atoms with Crippen molar-refractivity contribution in [3.8, 4) is 0 Å². The van der Waals surface area contributed by atoms with Gasteiger partial charge in [0, 0.05) is 122 Å². The maximum atomic E-state index is 15.8. The third kappa shape index (κ3) is 19.0. The van der Waals surface area contributed by atoms with Gasteiger partial charge in [0.05, 0.1) is 49.6 Å². The Morgan fingerprint density at radius 1 is 0.755 bits per heavy atom. The van der Waals surface area contributed by atoms with Crippen molar-refractivity contribution in [2.24, 2.45) is 23.2 Å². The molecule has 11 rings (SSSR count). The number of aryl methyl sites for hydroxylation is 1. The Hall–Kier alpha value is -7.13. The SMILES string of the molecule is CN[C@@H](C)C(=O)N[C@H](C(=O)N1C[C@@H](NC(=O)CCC(=O)NCCOCCN2C[C@@H]3CN(CC(=O)NCCCNc4cc(N5CCC6(CC5)CN(c5cc(F)c(CN7CCC(C)(C)CC7)cc5F)CC(=O)N6)ncn4)C[C@@H]3C2)C[C@H]1C(=O)NC1CCCc2ccccc21)C1CCCCC1. The molecule has 7 heterocycles. The number of halogens is 2. The number of hydrogen-bond donors (Lipinski definition) is 8. The predicted octanol–water partition coefficient (Wildman–Crippen LogP) is 4.00. The van der Waals surface area contributed by atoms with Gasteiger partial charge < -0.3 is 66.9 Å². The first-order valence-corrected chi connectivity index (χ1v) is 36.3. The largest absolute Gasteiger partial charge is 0.378 e. The Kier molecular flexibility index (Phi) is 24.6. The summed E-state index contributed by atoms with van der Waals surface area (Å²) in [5.41, 5.74) is 2.40. The summed E-state index contributed by atoms with van der Waals surface area (Å²) in [7, 11) is 1.70. The van der Waals surface area contributed by atoms with E-state index in [-0.39, 0.29) is 96.8 Å². The highest BCUT2D eigenvalue weighted by Gasteiger charge is 2.47. The van der Waals surface area contributed by atoms with E-state index >= 15 is 8.78 Å². The van der Waals surface area contributed by atoms with Crippen LogP contribution in [0.1, 0.15) is 140 Å². The van der Waals surface area contributed by atoms with E-state index in [1.165, 1.54) is 24.0 Å². The van der Waals surface area contributed by atoms with E-state index < -0.39 is 41.3 Å². The van der Waals surface area contributed by atoms with Crippen molar-refractivity contribution >= 4 is 58.7 Å². The van der Waals surface area contributed by atoms with E-state index in [1.807, 2.05) is 24.3 Å². The molecule has 0 bridgehead atoms. The smallest absolute Gasteiger partial charge is 0.246 e. The minimum absolute atomic E-state index is 0.00274. The molecule has 7 amide bonds. The Bertz CT molecular complexity index is 3250. The molecule has 1 spiro atoms. The molecular weight excluding hydrogens is 1250 g/mol. The first kappa shape index (κ1) is 72.1. The number of likely N-dealkylation sites (tertiary alicyclic amines) is 4. The van der Waals surface area contributed by atoms with Gasteiger partial charge in [-0.3, -0.25) is 43.4 Å².